The summed E-state index contributed by atoms with van der Waals surface area (Å²) in [6.45, 7) is 2.06. The summed E-state index contributed by atoms with van der Waals surface area (Å²) in [5, 5.41) is 8.08. The fourth-order valence-electron chi connectivity index (χ4n) is 3.38. The zero-order chi connectivity index (χ0) is 18.1. The maximum absolute atomic E-state index is 13.2. The summed E-state index contributed by atoms with van der Waals surface area (Å²) in [6.07, 6.45) is 3.38. The molecule has 26 heavy (non-hydrogen) atoms. The molecule has 130 valence electrons. The van der Waals surface area contributed by atoms with Crippen molar-refractivity contribution in [2.75, 3.05) is 4.90 Å². The molecule has 0 spiro atoms. The van der Waals surface area contributed by atoms with Crippen molar-refractivity contribution in [3.63, 3.8) is 0 Å². The van der Waals surface area contributed by atoms with Crippen LogP contribution in [-0.4, -0.2) is 22.1 Å². The van der Waals surface area contributed by atoms with Crippen LogP contribution in [0.2, 0.25) is 0 Å². The minimum Gasteiger partial charge on any atom is -0.305 e. The van der Waals surface area contributed by atoms with Gasteiger partial charge in [-0.05, 0) is 61.7 Å². The fraction of sp³-hybridized carbons (Fsp3) is 0.190. The van der Waals surface area contributed by atoms with E-state index in [4.69, 9.17) is 0 Å². The fourth-order valence-corrected chi connectivity index (χ4v) is 3.38. The summed E-state index contributed by atoms with van der Waals surface area (Å²) in [5.74, 6) is -0.407. The molecular weight excluding hydrogens is 329 g/mol. The van der Waals surface area contributed by atoms with Crippen LogP contribution >= 0.6 is 0 Å². The van der Waals surface area contributed by atoms with Crippen LogP contribution in [0.4, 0.5) is 10.1 Å². The Kier molecular flexibility index (Phi) is 4.21. The predicted octanol–water partition coefficient (Wildman–Crippen LogP) is 4.26. The molecule has 4 rings (SSSR count). The first-order valence-corrected chi connectivity index (χ1v) is 8.63. The average molecular weight is 347 g/mol. The van der Waals surface area contributed by atoms with Gasteiger partial charge in [0.2, 0.25) is 0 Å². The first kappa shape index (κ1) is 16.4. The molecule has 2 heterocycles. The second-order valence-electron chi connectivity index (χ2n) is 6.53. The van der Waals surface area contributed by atoms with E-state index in [2.05, 4.69) is 23.2 Å². The van der Waals surface area contributed by atoms with Gasteiger partial charge in [0, 0.05) is 17.3 Å². The lowest BCUT2D eigenvalue weighted by atomic mass is 9.96. The molecule has 0 fully saturated rings. The van der Waals surface area contributed by atoms with E-state index in [1.54, 1.807) is 18.2 Å². The van der Waals surface area contributed by atoms with Gasteiger partial charge in [0.15, 0.2) is 0 Å². The lowest BCUT2D eigenvalue weighted by Crippen LogP contribution is -2.42. The summed E-state index contributed by atoms with van der Waals surface area (Å²) < 4.78 is 13.1. The van der Waals surface area contributed by atoms with Gasteiger partial charge in [-0.15, -0.1) is 0 Å². The zero-order valence-corrected chi connectivity index (χ0v) is 14.4. The average Bonchev–Trinajstić information content (AvgIpc) is 2.68. The van der Waals surface area contributed by atoms with Gasteiger partial charge >= 0.3 is 0 Å². The Morgan fingerprint density at radius 3 is 2.73 bits per heavy atom. The largest absolute Gasteiger partial charge is 0.305 e. The first-order chi connectivity index (χ1) is 12.6. The molecular formula is C21H18FN3O. The van der Waals surface area contributed by atoms with Gasteiger partial charge in [-0.3, -0.25) is 4.79 Å². The number of aryl methyl sites for hydroxylation is 1. The smallest absolute Gasteiger partial charge is 0.260 e. The molecule has 1 aliphatic rings. The molecule has 0 saturated carbocycles. The number of anilines is 1. The van der Waals surface area contributed by atoms with E-state index in [9.17, 15) is 9.18 Å². The Hall–Kier alpha value is -3.08. The number of carbonyl (C=O) groups is 1. The van der Waals surface area contributed by atoms with Crippen LogP contribution in [0.15, 0.2) is 60.8 Å². The van der Waals surface area contributed by atoms with Crippen molar-refractivity contribution >= 4 is 11.6 Å². The molecule has 3 aromatic rings. The molecule has 0 saturated heterocycles. The minimum absolute atomic E-state index is 0.0945. The van der Waals surface area contributed by atoms with Crippen LogP contribution in [0.3, 0.4) is 0 Å². The number of fused-ring (bicyclic) bond motifs is 1. The number of carbonyl (C=O) groups excluding carboxylic acids is 1. The van der Waals surface area contributed by atoms with Gasteiger partial charge in [0.05, 0.1) is 17.5 Å². The van der Waals surface area contributed by atoms with Crippen molar-refractivity contribution in [3.8, 4) is 11.3 Å². The van der Waals surface area contributed by atoms with Gasteiger partial charge in [-0.25, -0.2) is 4.39 Å². The van der Waals surface area contributed by atoms with Crippen molar-refractivity contribution in [3.05, 3.63) is 77.7 Å². The van der Waals surface area contributed by atoms with Gasteiger partial charge in [0.25, 0.3) is 5.91 Å². The summed E-state index contributed by atoms with van der Waals surface area (Å²) in [4.78, 5) is 15.0. The third-order valence-corrected chi connectivity index (χ3v) is 4.78. The maximum Gasteiger partial charge on any atom is 0.260 e. The van der Waals surface area contributed by atoms with E-state index in [1.807, 2.05) is 23.1 Å². The number of halogens is 1. The van der Waals surface area contributed by atoms with Crippen LogP contribution in [0.1, 0.15) is 29.3 Å². The van der Waals surface area contributed by atoms with E-state index in [0.717, 1.165) is 24.1 Å². The number of rotatable bonds is 2. The van der Waals surface area contributed by atoms with Gasteiger partial charge < -0.3 is 4.90 Å². The summed E-state index contributed by atoms with van der Waals surface area (Å²) in [5.41, 5.74) is 3.88. The Morgan fingerprint density at radius 1 is 1.15 bits per heavy atom. The molecule has 0 radical (unpaired) electrons. The highest BCUT2D eigenvalue weighted by atomic mass is 19.1. The molecule has 1 unspecified atom stereocenters. The Balaban J connectivity index is 1.71. The van der Waals surface area contributed by atoms with E-state index < -0.39 is 0 Å². The van der Waals surface area contributed by atoms with Gasteiger partial charge in [-0.1, -0.05) is 18.2 Å². The van der Waals surface area contributed by atoms with Crippen molar-refractivity contribution in [2.45, 2.75) is 25.8 Å². The Morgan fingerprint density at radius 2 is 1.92 bits per heavy atom. The number of para-hydroxylation sites is 1. The van der Waals surface area contributed by atoms with Crippen LogP contribution in [0, 0.1) is 5.82 Å². The lowest BCUT2D eigenvalue weighted by molar-refractivity contribution is 0.0974. The third kappa shape index (κ3) is 2.96. The first-order valence-electron chi connectivity index (χ1n) is 8.63. The second-order valence-corrected chi connectivity index (χ2v) is 6.53. The van der Waals surface area contributed by atoms with Crippen molar-refractivity contribution in [1.82, 2.24) is 10.2 Å². The van der Waals surface area contributed by atoms with Gasteiger partial charge in [0.1, 0.15) is 5.82 Å². The predicted molar refractivity (Wildman–Crippen MR) is 98.5 cm³/mol. The quantitative estimate of drug-likeness (QED) is 0.696. The molecule has 0 N–H and O–H groups in total. The highest BCUT2D eigenvalue weighted by Crippen LogP contribution is 2.32. The summed E-state index contributed by atoms with van der Waals surface area (Å²) in [7, 11) is 0. The lowest BCUT2D eigenvalue weighted by Gasteiger charge is -2.35. The van der Waals surface area contributed by atoms with Crippen LogP contribution in [-0.2, 0) is 6.42 Å². The van der Waals surface area contributed by atoms with Crippen molar-refractivity contribution < 1.29 is 9.18 Å². The number of hydrogen-bond acceptors (Lipinski definition) is 3. The number of amides is 1. The van der Waals surface area contributed by atoms with Crippen molar-refractivity contribution in [2.24, 2.45) is 0 Å². The second kappa shape index (κ2) is 6.67. The Labute approximate surface area is 151 Å². The molecule has 1 aromatic heterocycles. The van der Waals surface area contributed by atoms with Crippen molar-refractivity contribution in [1.29, 1.82) is 0 Å². The van der Waals surface area contributed by atoms with E-state index in [1.165, 1.54) is 23.9 Å². The third-order valence-electron chi connectivity index (χ3n) is 4.78. The number of aromatic nitrogens is 2. The molecule has 0 aliphatic carbocycles. The van der Waals surface area contributed by atoms with Crippen LogP contribution in [0.5, 0.6) is 0 Å². The molecule has 1 amide bonds. The van der Waals surface area contributed by atoms with E-state index in [0.29, 0.717) is 11.3 Å². The van der Waals surface area contributed by atoms with E-state index >= 15 is 0 Å². The molecule has 5 heteroatoms. The highest BCUT2D eigenvalue weighted by Gasteiger charge is 2.29. The number of benzene rings is 2. The zero-order valence-electron chi connectivity index (χ0n) is 14.4. The highest BCUT2D eigenvalue weighted by molar-refractivity contribution is 6.07. The normalized spacial score (nSPS) is 16.2. The monoisotopic (exact) mass is 347 g/mol. The number of nitrogens with zero attached hydrogens (tertiary/aromatic N) is 3. The number of hydrogen-bond donors (Lipinski definition) is 0. The SMILES string of the molecule is CC1CCc2ccccc2N1C(=O)c1cnnc(-c2ccc(F)cc2)c1. The van der Waals surface area contributed by atoms with Gasteiger partial charge in [-0.2, -0.15) is 10.2 Å². The molecule has 4 nitrogen and oxygen atoms in total. The Bertz CT molecular complexity index is 955. The molecule has 1 atom stereocenters. The van der Waals surface area contributed by atoms with E-state index in [-0.39, 0.29) is 17.8 Å². The standard InChI is InChI=1S/C21H18FN3O/c1-14-6-7-16-4-2-3-5-20(16)25(14)21(26)17-12-19(24-23-13-17)15-8-10-18(22)11-9-15/h2-5,8-14H,6-7H2,1H3. The molecule has 1 aliphatic heterocycles. The summed E-state index contributed by atoms with van der Waals surface area (Å²) >= 11 is 0. The molecule has 0 bridgehead atoms. The van der Waals surface area contributed by atoms with Crippen LogP contribution in [0.25, 0.3) is 11.3 Å². The topological polar surface area (TPSA) is 46.1 Å². The van der Waals surface area contributed by atoms with Crippen LogP contribution < -0.4 is 4.90 Å². The minimum atomic E-state index is -0.312. The molecule has 2 aromatic carbocycles. The maximum atomic E-state index is 13.2. The summed E-state index contributed by atoms with van der Waals surface area (Å²) in [6, 6.07) is 15.8.